The summed E-state index contributed by atoms with van der Waals surface area (Å²) in [6, 6.07) is 3.96. The molecule has 1 aromatic heterocycles. The van der Waals surface area contributed by atoms with E-state index >= 15 is 0 Å². The molecule has 1 atom stereocenters. The molecule has 1 heterocycles. The minimum atomic E-state index is 0.0415. The SMILES string of the molecule is CC1(C)CCC(C(N)c2cccnc2N)CC1. The van der Waals surface area contributed by atoms with Crippen molar-refractivity contribution in [2.45, 2.75) is 45.6 Å². The van der Waals surface area contributed by atoms with E-state index in [0.717, 1.165) is 5.56 Å². The van der Waals surface area contributed by atoms with Crippen molar-refractivity contribution >= 4 is 5.82 Å². The molecule has 0 aliphatic heterocycles. The molecule has 0 aromatic carbocycles. The number of rotatable bonds is 2. The van der Waals surface area contributed by atoms with Crippen molar-refractivity contribution in [2.24, 2.45) is 17.1 Å². The lowest BCUT2D eigenvalue weighted by molar-refractivity contribution is 0.173. The maximum atomic E-state index is 6.34. The molecule has 1 fully saturated rings. The normalized spacial score (nSPS) is 22.3. The van der Waals surface area contributed by atoms with E-state index in [1.165, 1.54) is 25.7 Å². The molecule has 94 valence electrons. The number of pyridine rings is 1. The summed E-state index contributed by atoms with van der Waals surface area (Å²) < 4.78 is 0. The van der Waals surface area contributed by atoms with Crippen LogP contribution in [0.2, 0.25) is 0 Å². The Labute approximate surface area is 104 Å². The molecule has 0 saturated heterocycles. The predicted molar refractivity (Wildman–Crippen MR) is 71.3 cm³/mol. The summed E-state index contributed by atoms with van der Waals surface area (Å²) in [6.07, 6.45) is 6.62. The molecule has 0 radical (unpaired) electrons. The second-order valence-electron chi connectivity index (χ2n) is 6.01. The Morgan fingerprint density at radius 1 is 1.35 bits per heavy atom. The molecule has 1 aliphatic carbocycles. The number of nitrogen functional groups attached to an aromatic ring is 1. The lowest BCUT2D eigenvalue weighted by Crippen LogP contribution is -2.29. The van der Waals surface area contributed by atoms with E-state index in [4.69, 9.17) is 11.5 Å². The smallest absolute Gasteiger partial charge is 0.128 e. The monoisotopic (exact) mass is 233 g/mol. The zero-order chi connectivity index (χ0) is 12.5. The van der Waals surface area contributed by atoms with Crippen molar-refractivity contribution in [1.82, 2.24) is 4.98 Å². The van der Waals surface area contributed by atoms with E-state index in [2.05, 4.69) is 18.8 Å². The van der Waals surface area contributed by atoms with Crippen molar-refractivity contribution < 1.29 is 0 Å². The van der Waals surface area contributed by atoms with Crippen LogP contribution < -0.4 is 11.5 Å². The average Bonchev–Trinajstić information content (AvgIpc) is 2.29. The summed E-state index contributed by atoms with van der Waals surface area (Å²) in [6.45, 7) is 4.68. The van der Waals surface area contributed by atoms with Gasteiger partial charge in [-0.25, -0.2) is 4.98 Å². The topological polar surface area (TPSA) is 64.9 Å². The molecule has 4 N–H and O–H groups in total. The maximum absolute atomic E-state index is 6.34. The zero-order valence-corrected chi connectivity index (χ0v) is 10.8. The van der Waals surface area contributed by atoms with Crippen LogP contribution in [0.4, 0.5) is 5.82 Å². The largest absolute Gasteiger partial charge is 0.383 e. The van der Waals surface area contributed by atoms with Gasteiger partial charge in [0, 0.05) is 17.8 Å². The maximum Gasteiger partial charge on any atom is 0.128 e. The summed E-state index contributed by atoms with van der Waals surface area (Å²) in [5, 5.41) is 0. The Balaban J connectivity index is 2.07. The third-order valence-electron chi connectivity index (χ3n) is 4.12. The fraction of sp³-hybridized carbons (Fsp3) is 0.643. The van der Waals surface area contributed by atoms with Gasteiger partial charge in [0.05, 0.1) is 0 Å². The lowest BCUT2D eigenvalue weighted by Gasteiger charge is -2.37. The quantitative estimate of drug-likeness (QED) is 0.825. The van der Waals surface area contributed by atoms with Gasteiger partial charge in [0.2, 0.25) is 0 Å². The minimum absolute atomic E-state index is 0.0415. The van der Waals surface area contributed by atoms with Crippen LogP contribution in [0.3, 0.4) is 0 Å². The van der Waals surface area contributed by atoms with Crippen molar-refractivity contribution in [3.05, 3.63) is 23.9 Å². The number of hydrogen-bond donors (Lipinski definition) is 2. The van der Waals surface area contributed by atoms with Crippen LogP contribution in [0.1, 0.15) is 51.1 Å². The van der Waals surface area contributed by atoms with Crippen LogP contribution in [0.15, 0.2) is 18.3 Å². The van der Waals surface area contributed by atoms with E-state index < -0.39 is 0 Å². The van der Waals surface area contributed by atoms with E-state index in [-0.39, 0.29) is 6.04 Å². The molecular weight excluding hydrogens is 210 g/mol. The second kappa shape index (κ2) is 4.65. The van der Waals surface area contributed by atoms with Crippen molar-refractivity contribution in [1.29, 1.82) is 0 Å². The summed E-state index contributed by atoms with van der Waals surface area (Å²) in [5.41, 5.74) is 13.7. The third-order valence-corrected chi connectivity index (χ3v) is 4.12. The van der Waals surface area contributed by atoms with E-state index in [0.29, 0.717) is 17.2 Å². The molecule has 1 aromatic rings. The molecule has 3 heteroatoms. The van der Waals surface area contributed by atoms with Crippen molar-refractivity contribution in [3.8, 4) is 0 Å². The van der Waals surface area contributed by atoms with Gasteiger partial charge >= 0.3 is 0 Å². The van der Waals surface area contributed by atoms with Gasteiger partial charge in [-0.2, -0.15) is 0 Å². The fourth-order valence-corrected chi connectivity index (χ4v) is 2.75. The Hall–Kier alpha value is -1.09. The average molecular weight is 233 g/mol. The van der Waals surface area contributed by atoms with Crippen LogP contribution in [0, 0.1) is 11.3 Å². The number of anilines is 1. The lowest BCUT2D eigenvalue weighted by atomic mass is 9.70. The van der Waals surface area contributed by atoms with Gasteiger partial charge < -0.3 is 11.5 Å². The molecule has 0 spiro atoms. The van der Waals surface area contributed by atoms with Crippen LogP contribution in [0.25, 0.3) is 0 Å². The first-order chi connectivity index (χ1) is 7.99. The van der Waals surface area contributed by atoms with Crippen LogP contribution in [0.5, 0.6) is 0 Å². The van der Waals surface area contributed by atoms with Gasteiger partial charge in [-0.1, -0.05) is 19.9 Å². The predicted octanol–water partition coefficient (Wildman–Crippen LogP) is 2.88. The number of aromatic nitrogens is 1. The highest BCUT2D eigenvalue weighted by atomic mass is 14.8. The molecule has 3 nitrogen and oxygen atoms in total. The molecule has 0 amide bonds. The van der Waals surface area contributed by atoms with Crippen molar-refractivity contribution in [2.75, 3.05) is 5.73 Å². The van der Waals surface area contributed by atoms with E-state index in [1.54, 1.807) is 6.20 Å². The molecule has 1 saturated carbocycles. The first-order valence-corrected chi connectivity index (χ1v) is 6.45. The molecule has 1 unspecified atom stereocenters. The molecule has 0 bridgehead atoms. The Morgan fingerprint density at radius 2 is 2.00 bits per heavy atom. The number of hydrogen-bond acceptors (Lipinski definition) is 3. The standard InChI is InChI=1S/C14H23N3/c1-14(2)7-5-10(6-8-14)12(15)11-4-3-9-17-13(11)16/h3-4,9-10,12H,5-8,15H2,1-2H3,(H2,16,17). The summed E-state index contributed by atoms with van der Waals surface area (Å²) in [7, 11) is 0. The highest BCUT2D eigenvalue weighted by Gasteiger charge is 2.31. The van der Waals surface area contributed by atoms with Gasteiger partial charge in [0.25, 0.3) is 0 Å². The summed E-state index contributed by atoms with van der Waals surface area (Å²) in [4.78, 5) is 4.12. The first-order valence-electron chi connectivity index (χ1n) is 6.45. The van der Waals surface area contributed by atoms with Crippen molar-refractivity contribution in [3.63, 3.8) is 0 Å². The van der Waals surface area contributed by atoms with Gasteiger partial charge in [-0.15, -0.1) is 0 Å². The molecule has 2 rings (SSSR count). The molecular formula is C14H23N3. The van der Waals surface area contributed by atoms with Gasteiger partial charge in [0.1, 0.15) is 5.82 Å². The Morgan fingerprint density at radius 3 is 2.59 bits per heavy atom. The molecule has 17 heavy (non-hydrogen) atoms. The highest BCUT2D eigenvalue weighted by Crippen LogP contribution is 2.42. The van der Waals surface area contributed by atoms with Crippen LogP contribution in [-0.2, 0) is 0 Å². The summed E-state index contributed by atoms with van der Waals surface area (Å²) >= 11 is 0. The Kier molecular flexibility index (Phi) is 3.38. The van der Waals surface area contributed by atoms with Crippen LogP contribution in [-0.4, -0.2) is 4.98 Å². The van der Waals surface area contributed by atoms with Crippen LogP contribution >= 0.6 is 0 Å². The second-order valence-corrected chi connectivity index (χ2v) is 6.01. The van der Waals surface area contributed by atoms with E-state index in [9.17, 15) is 0 Å². The summed E-state index contributed by atoms with van der Waals surface area (Å²) in [5.74, 6) is 1.14. The number of nitrogens with two attached hydrogens (primary N) is 2. The van der Waals surface area contributed by atoms with E-state index in [1.807, 2.05) is 12.1 Å². The highest BCUT2D eigenvalue weighted by molar-refractivity contribution is 5.41. The molecule has 1 aliphatic rings. The number of nitrogens with zero attached hydrogens (tertiary/aromatic N) is 1. The van der Waals surface area contributed by atoms with Gasteiger partial charge in [-0.3, -0.25) is 0 Å². The third kappa shape index (κ3) is 2.78. The first kappa shape index (κ1) is 12.4. The van der Waals surface area contributed by atoms with Gasteiger partial charge in [-0.05, 0) is 43.1 Å². The minimum Gasteiger partial charge on any atom is -0.383 e. The zero-order valence-electron chi connectivity index (χ0n) is 10.8. The Bertz CT molecular complexity index is 377. The fourth-order valence-electron chi connectivity index (χ4n) is 2.75. The van der Waals surface area contributed by atoms with Gasteiger partial charge in [0.15, 0.2) is 0 Å².